The van der Waals surface area contributed by atoms with Crippen molar-refractivity contribution in [2.75, 3.05) is 13.2 Å². The van der Waals surface area contributed by atoms with E-state index < -0.39 is 0 Å². The molecule has 1 unspecified atom stereocenters. The third kappa shape index (κ3) is 3.32. The molecular formula is C12H22N2OS. The van der Waals surface area contributed by atoms with Gasteiger partial charge in [0.15, 0.2) is 5.11 Å². The normalized spacial score (nSPS) is 30.6. The Morgan fingerprint density at radius 3 is 2.75 bits per heavy atom. The van der Waals surface area contributed by atoms with Crippen LogP contribution in [0.1, 0.15) is 45.4 Å². The molecule has 0 aromatic rings. The molecule has 0 bridgehead atoms. The van der Waals surface area contributed by atoms with Crippen molar-refractivity contribution < 1.29 is 4.74 Å². The first-order valence-corrected chi connectivity index (χ1v) is 6.77. The van der Waals surface area contributed by atoms with Crippen LogP contribution in [0.15, 0.2) is 0 Å². The summed E-state index contributed by atoms with van der Waals surface area (Å²) in [6.07, 6.45) is 7.49. The Balaban J connectivity index is 1.66. The zero-order valence-corrected chi connectivity index (χ0v) is 10.9. The number of nitrogens with one attached hydrogen (secondary N) is 2. The monoisotopic (exact) mass is 242 g/mol. The summed E-state index contributed by atoms with van der Waals surface area (Å²) >= 11 is 5.30. The van der Waals surface area contributed by atoms with Gasteiger partial charge in [-0.2, -0.15) is 0 Å². The molecule has 1 saturated carbocycles. The Labute approximate surface area is 103 Å². The molecule has 2 aliphatic rings. The highest BCUT2D eigenvalue weighted by Gasteiger charge is 2.29. The smallest absolute Gasteiger partial charge is 0.166 e. The molecule has 1 aliphatic carbocycles. The van der Waals surface area contributed by atoms with E-state index in [1.54, 1.807) is 0 Å². The topological polar surface area (TPSA) is 33.3 Å². The summed E-state index contributed by atoms with van der Waals surface area (Å²) in [5.41, 5.74) is -0.0125. The minimum Gasteiger partial charge on any atom is -0.373 e. The van der Waals surface area contributed by atoms with Gasteiger partial charge in [0.2, 0.25) is 0 Å². The molecule has 0 aromatic heterocycles. The summed E-state index contributed by atoms with van der Waals surface area (Å²) < 4.78 is 5.71. The van der Waals surface area contributed by atoms with E-state index in [2.05, 4.69) is 17.6 Å². The Morgan fingerprint density at radius 2 is 2.12 bits per heavy atom. The van der Waals surface area contributed by atoms with Gasteiger partial charge < -0.3 is 15.4 Å². The third-order valence-electron chi connectivity index (χ3n) is 3.61. The zero-order chi connectivity index (χ0) is 11.4. The Bertz CT molecular complexity index is 245. The van der Waals surface area contributed by atoms with Crippen molar-refractivity contribution in [3.05, 3.63) is 0 Å². The van der Waals surface area contributed by atoms with Crippen LogP contribution in [0.5, 0.6) is 0 Å². The summed E-state index contributed by atoms with van der Waals surface area (Å²) in [4.78, 5) is 0. The molecule has 0 radical (unpaired) electrons. The number of ether oxygens (including phenoxy) is 1. The lowest BCUT2D eigenvalue weighted by Gasteiger charge is -2.25. The van der Waals surface area contributed by atoms with Gasteiger partial charge in [0, 0.05) is 19.2 Å². The lowest BCUT2D eigenvalue weighted by Crippen LogP contribution is -2.46. The zero-order valence-electron chi connectivity index (χ0n) is 10.1. The van der Waals surface area contributed by atoms with E-state index in [1.165, 1.54) is 32.1 Å². The van der Waals surface area contributed by atoms with Gasteiger partial charge in [0.05, 0.1) is 5.60 Å². The molecule has 0 spiro atoms. The van der Waals surface area contributed by atoms with E-state index in [4.69, 9.17) is 17.0 Å². The molecule has 1 saturated heterocycles. The predicted octanol–water partition coefficient (Wildman–Crippen LogP) is 1.96. The first kappa shape index (κ1) is 12.1. The number of rotatable bonds is 3. The van der Waals surface area contributed by atoms with Gasteiger partial charge in [-0.15, -0.1) is 0 Å². The maximum atomic E-state index is 5.71. The lowest BCUT2D eigenvalue weighted by molar-refractivity contribution is 0.0244. The molecule has 1 heterocycles. The molecule has 2 N–H and O–H groups in total. The molecular weight excluding hydrogens is 220 g/mol. The molecule has 1 aliphatic heterocycles. The van der Waals surface area contributed by atoms with Gasteiger partial charge >= 0.3 is 0 Å². The summed E-state index contributed by atoms with van der Waals surface area (Å²) in [6, 6.07) is 0.595. The van der Waals surface area contributed by atoms with Gasteiger partial charge in [0.25, 0.3) is 0 Å². The van der Waals surface area contributed by atoms with E-state index in [0.717, 1.165) is 24.7 Å². The Hall–Kier alpha value is -0.350. The minimum atomic E-state index is -0.0125. The summed E-state index contributed by atoms with van der Waals surface area (Å²) in [7, 11) is 0. The van der Waals surface area contributed by atoms with Crippen molar-refractivity contribution in [1.29, 1.82) is 0 Å². The van der Waals surface area contributed by atoms with Crippen LogP contribution in [0.4, 0.5) is 0 Å². The van der Waals surface area contributed by atoms with E-state index in [0.29, 0.717) is 6.04 Å². The van der Waals surface area contributed by atoms with E-state index in [1.807, 2.05) is 0 Å². The second-order valence-corrected chi connectivity index (χ2v) is 5.62. The maximum Gasteiger partial charge on any atom is 0.166 e. The highest BCUT2D eigenvalue weighted by molar-refractivity contribution is 7.80. The summed E-state index contributed by atoms with van der Waals surface area (Å²) in [6.45, 7) is 3.87. The van der Waals surface area contributed by atoms with Crippen LogP contribution in [0.25, 0.3) is 0 Å². The van der Waals surface area contributed by atoms with E-state index in [-0.39, 0.29) is 5.60 Å². The van der Waals surface area contributed by atoms with E-state index >= 15 is 0 Å². The van der Waals surface area contributed by atoms with Gasteiger partial charge in [-0.25, -0.2) is 0 Å². The fourth-order valence-corrected chi connectivity index (χ4v) is 2.79. The van der Waals surface area contributed by atoms with Crippen molar-refractivity contribution in [3.63, 3.8) is 0 Å². The lowest BCUT2D eigenvalue weighted by atomic mass is 10.0. The highest BCUT2D eigenvalue weighted by Crippen LogP contribution is 2.23. The summed E-state index contributed by atoms with van der Waals surface area (Å²) in [5, 5.41) is 7.47. The van der Waals surface area contributed by atoms with Crippen molar-refractivity contribution >= 4 is 17.3 Å². The fourth-order valence-electron chi connectivity index (χ4n) is 2.55. The van der Waals surface area contributed by atoms with Crippen molar-refractivity contribution in [3.8, 4) is 0 Å². The number of hydrogen-bond donors (Lipinski definition) is 2. The Morgan fingerprint density at radius 1 is 1.38 bits per heavy atom. The van der Waals surface area contributed by atoms with Crippen LogP contribution in [0, 0.1) is 0 Å². The molecule has 0 aromatic carbocycles. The average Bonchev–Trinajstić information content (AvgIpc) is 2.88. The van der Waals surface area contributed by atoms with Gasteiger partial charge in [0.1, 0.15) is 0 Å². The highest BCUT2D eigenvalue weighted by atomic mass is 32.1. The van der Waals surface area contributed by atoms with Crippen LogP contribution in [-0.2, 0) is 4.74 Å². The number of thiocarbonyl (C=S) groups is 1. The second-order valence-electron chi connectivity index (χ2n) is 5.21. The predicted molar refractivity (Wildman–Crippen MR) is 69.6 cm³/mol. The SMILES string of the molecule is CC1(CNC(=S)NC2CCCC2)CCCO1. The largest absolute Gasteiger partial charge is 0.373 e. The number of hydrogen-bond acceptors (Lipinski definition) is 2. The van der Waals surface area contributed by atoms with Crippen LogP contribution >= 0.6 is 12.2 Å². The molecule has 2 rings (SSSR count). The molecule has 16 heavy (non-hydrogen) atoms. The molecule has 2 fully saturated rings. The Kier molecular flexibility index (Phi) is 4.03. The summed E-state index contributed by atoms with van der Waals surface area (Å²) in [5.74, 6) is 0. The standard InChI is InChI=1S/C12H22N2OS/c1-12(7-4-8-15-12)9-13-11(16)14-10-5-2-3-6-10/h10H,2-9H2,1H3,(H2,13,14,16). The van der Waals surface area contributed by atoms with Crippen molar-refractivity contribution in [2.24, 2.45) is 0 Å². The first-order chi connectivity index (χ1) is 7.68. The first-order valence-electron chi connectivity index (χ1n) is 6.36. The van der Waals surface area contributed by atoms with Gasteiger partial charge in [-0.1, -0.05) is 12.8 Å². The molecule has 92 valence electrons. The minimum absolute atomic E-state index is 0.0125. The van der Waals surface area contributed by atoms with Gasteiger partial charge in [-0.05, 0) is 44.8 Å². The van der Waals surface area contributed by atoms with E-state index in [9.17, 15) is 0 Å². The van der Waals surface area contributed by atoms with Crippen molar-refractivity contribution in [1.82, 2.24) is 10.6 Å². The van der Waals surface area contributed by atoms with Crippen LogP contribution < -0.4 is 10.6 Å². The van der Waals surface area contributed by atoms with Crippen LogP contribution in [-0.4, -0.2) is 29.9 Å². The molecule has 4 heteroatoms. The maximum absolute atomic E-state index is 5.71. The average molecular weight is 242 g/mol. The van der Waals surface area contributed by atoms with Gasteiger partial charge in [-0.3, -0.25) is 0 Å². The quantitative estimate of drug-likeness (QED) is 0.741. The van der Waals surface area contributed by atoms with Crippen LogP contribution in [0.3, 0.4) is 0 Å². The third-order valence-corrected chi connectivity index (χ3v) is 3.88. The molecule has 3 nitrogen and oxygen atoms in total. The van der Waals surface area contributed by atoms with Crippen molar-refractivity contribution in [2.45, 2.75) is 57.1 Å². The molecule has 0 amide bonds. The van der Waals surface area contributed by atoms with Crippen LogP contribution in [0.2, 0.25) is 0 Å². The second kappa shape index (κ2) is 5.32. The fraction of sp³-hybridized carbons (Fsp3) is 0.917. The molecule has 1 atom stereocenters.